The number of nitrogens with zero attached hydrogens (tertiary/aromatic N) is 2. The molecule has 2 aromatic carbocycles. The van der Waals surface area contributed by atoms with E-state index in [0.29, 0.717) is 25.5 Å². The number of nitrogens with one attached hydrogen (secondary N) is 1. The van der Waals surface area contributed by atoms with E-state index in [4.69, 9.17) is 10.5 Å². The van der Waals surface area contributed by atoms with E-state index in [9.17, 15) is 4.79 Å². The molecule has 1 saturated heterocycles. The molecule has 0 spiro atoms. The minimum Gasteiger partial charge on any atom is -0.491 e. The standard InChI is InChI=1S/C23H30N4O2/c1-25-23(27-14-7-8-18(17-27)16-22(24)28)26-13-15-29-21-12-6-5-11-20(21)19-9-3-2-4-10-19/h2-6,9-12,18H,7-8,13-17H2,1H3,(H2,24,28)(H,25,26). The second kappa shape index (κ2) is 10.5. The molecule has 6 heteroatoms. The monoisotopic (exact) mass is 394 g/mol. The second-order valence-corrected chi connectivity index (χ2v) is 7.31. The first-order valence-corrected chi connectivity index (χ1v) is 10.2. The van der Waals surface area contributed by atoms with Crippen LogP contribution in [0.3, 0.4) is 0 Å². The molecule has 0 saturated carbocycles. The second-order valence-electron chi connectivity index (χ2n) is 7.31. The highest BCUT2D eigenvalue weighted by Gasteiger charge is 2.23. The molecule has 1 fully saturated rings. The minimum atomic E-state index is -0.231. The van der Waals surface area contributed by atoms with Crippen molar-refractivity contribution in [3.8, 4) is 16.9 Å². The lowest BCUT2D eigenvalue weighted by Gasteiger charge is -2.34. The number of hydrogen-bond donors (Lipinski definition) is 2. The zero-order chi connectivity index (χ0) is 20.5. The number of likely N-dealkylation sites (tertiary alicyclic amines) is 1. The van der Waals surface area contributed by atoms with Crippen molar-refractivity contribution in [2.45, 2.75) is 19.3 Å². The number of piperidine rings is 1. The van der Waals surface area contributed by atoms with Gasteiger partial charge in [-0.1, -0.05) is 48.5 Å². The highest BCUT2D eigenvalue weighted by molar-refractivity contribution is 5.80. The molecule has 3 N–H and O–H groups in total. The topological polar surface area (TPSA) is 80.0 Å². The van der Waals surface area contributed by atoms with Gasteiger partial charge in [0.05, 0.1) is 6.54 Å². The van der Waals surface area contributed by atoms with Gasteiger partial charge in [0.2, 0.25) is 5.91 Å². The van der Waals surface area contributed by atoms with Gasteiger partial charge in [-0.15, -0.1) is 0 Å². The Morgan fingerprint density at radius 1 is 1.21 bits per heavy atom. The largest absolute Gasteiger partial charge is 0.491 e. The maximum Gasteiger partial charge on any atom is 0.217 e. The van der Waals surface area contributed by atoms with Gasteiger partial charge in [0, 0.05) is 32.1 Å². The van der Waals surface area contributed by atoms with E-state index in [1.807, 2.05) is 36.4 Å². The molecule has 1 heterocycles. The third-order valence-corrected chi connectivity index (χ3v) is 5.13. The number of nitrogens with two attached hydrogens (primary N) is 1. The molecule has 1 aliphatic rings. The lowest BCUT2D eigenvalue weighted by molar-refractivity contribution is -0.119. The predicted octanol–water partition coefficient (Wildman–Crippen LogP) is 2.90. The van der Waals surface area contributed by atoms with Crippen LogP contribution in [0, 0.1) is 5.92 Å². The van der Waals surface area contributed by atoms with Crippen LogP contribution in [-0.4, -0.2) is 50.1 Å². The van der Waals surface area contributed by atoms with Gasteiger partial charge in [-0.05, 0) is 30.4 Å². The van der Waals surface area contributed by atoms with Gasteiger partial charge in [-0.25, -0.2) is 0 Å². The number of benzene rings is 2. The Balaban J connectivity index is 1.52. The number of para-hydroxylation sites is 1. The number of carbonyl (C=O) groups is 1. The van der Waals surface area contributed by atoms with Crippen LogP contribution in [0.15, 0.2) is 59.6 Å². The number of ether oxygens (including phenoxy) is 1. The van der Waals surface area contributed by atoms with Gasteiger partial charge in [-0.3, -0.25) is 9.79 Å². The first-order chi connectivity index (χ1) is 14.2. The van der Waals surface area contributed by atoms with Gasteiger partial charge in [-0.2, -0.15) is 0 Å². The van der Waals surface area contributed by atoms with Crippen LogP contribution in [0.1, 0.15) is 19.3 Å². The molecule has 1 atom stereocenters. The summed E-state index contributed by atoms with van der Waals surface area (Å²) < 4.78 is 6.05. The van der Waals surface area contributed by atoms with E-state index in [-0.39, 0.29) is 5.91 Å². The van der Waals surface area contributed by atoms with Crippen molar-refractivity contribution in [2.75, 3.05) is 33.3 Å². The lowest BCUT2D eigenvalue weighted by atomic mass is 9.95. The van der Waals surface area contributed by atoms with E-state index in [1.54, 1.807) is 7.05 Å². The quantitative estimate of drug-likeness (QED) is 0.430. The number of carbonyl (C=O) groups excluding carboxylic acids is 1. The van der Waals surface area contributed by atoms with Crippen LogP contribution in [-0.2, 0) is 4.79 Å². The lowest BCUT2D eigenvalue weighted by Crippen LogP contribution is -2.48. The summed E-state index contributed by atoms with van der Waals surface area (Å²) in [5, 5.41) is 3.38. The van der Waals surface area contributed by atoms with Gasteiger partial charge < -0.3 is 20.7 Å². The van der Waals surface area contributed by atoms with E-state index >= 15 is 0 Å². The number of aliphatic imine (C=N–C) groups is 1. The number of hydrogen-bond acceptors (Lipinski definition) is 3. The molecule has 1 unspecified atom stereocenters. The Bertz CT molecular complexity index is 823. The third kappa shape index (κ3) is 5.98. The van der Waals surface area contributed by atoms with E-state index in [1.165, 1.54) is 0 Å². The maximum atomic E-state index is 11.2. The van der Waals surface area contributed by atoms with Crippen LogP contribution in [0.25, 0.3) is 11.1 Å². The van der Waals surface area contributed by atoms with Crippen LogP contribution >= 0.6 is 0 Å². The summed E-state index contributed by atoms with van der Waals surface area (Å²) in [4.78, 5) is 17.8. The molecule has 6 nitrogen and oxygen atoms in total. The van der Waals surface area contributed by atoms with Crippen molar-refractivity contribution in [1.29, 1.82) is 0 Å². The molecule has 2 aromatic rings. The molecule has 154 valence electrons. The molecule has 0 radical (unpaired) electrons. The SMILES string of the molecule is CN=C(NCCOc1ccccc1-c1ccccc1)N1CCCC(CC(N)=O)C1. The first-order valence-electron chi connectivity index (χ1n) is 10.2. The molecular weight excluding hydrogens is 364 g/mol. The maximum absolute atomic E-state index is 11.2. The molecule has 0 aliphatic carbocycles. The van der Waals surface area contributed by atoms with Crippen LogP contribution in [0.2, 0.25) is 0 Å². The first kappa shape index (κ1) is 20.7. The average molecular weight is 395 g/mol. The average Bonchev–Trinajstić information content (AvgIpc) is 2.74. The van der Waals surface area contributed by atoms with Crippen molar-refractivity contribution in [1.82, 2.24) is 10.2 Å². The Hall–Kier alpha value is -3.02. The molecule has 0 aromatic heterocycles. The van der Waals surface area contributed by atoms with Crippen molar-refractivity contribution < 1.29 is 9.53 Å². The fourth-order valence-corrected chi connectivity index (χ4v) is 3.81. The predicted molar refractivity (Wildman–Crippen MR) is 117 cm³/mol. The Kier molecular flexibility index (Phi) is 7.50. The summed E-state index contributed by atoms with van der Waals surface area (Å²) in [7, 11) is 1.78. The van der Waals surface area contributed by atoms with Crippen molar-refractivity contribution in [2.24, 2.45) is 16.6 Å². The summed E-state index contributed by atoms with van der Waals surface area (Å²) in [5.41, 5.74) is 7.59. The molecule has 3 rings (SSSR count). The Morgan fingerprint density at radius 2 is 1.97 bits per heavy atom. The van der Waals surface area contributed by atoms with Crippen LogP contribution in [0.4, 0.5) is 0 Å². The smallest absolute Gasteiger partial charge is 0.217 e. The van der Waals surface area contributed by atoms with Crippen molar-refractivity contribution >= 4 is 11.9 Å². The molecule has 1 aliphatic heterocycles. The minimum absolute atomic E-state index is 0.231. The zero-order valence-electron chi connectivity index (χ0n) is 17.0. The van der Waals surface area contributed by atoms with Gasteiger partial charge in [0.15, 0.2) is 5.96 Å². The molecule has 1 amide bonds. The van der Waals surface area contributed by atoms with E-state index in [2.05, 4.69) is 33.4 Å². The highest BCUT2D eigenvalue weighted by atomic mass is 16.5. The fraction of sp³-hybridized carbons (Fsp3) is 0.391. The van der Waals surface area contributed by atoms with Gasteiger partial charge >= 0.3 is 0 Å². The van der Waals surface area contributed by atoms with Crippen molar-refractivity contribution in [3.63, 3.8) is 0 Å². The number of amides is 1. The Labute approximate surface area is 172 Å². The summed E-state index contributed by atoms with van der Waals surface area (Å²) in [6, 6.07) is 18.3. The van der Waals surface area contributed by atoms with E-state index in [0.717, 1.165) is 48.8 Å². The summed E-state index contributed by atoms with van der Waals surface area (Å²) in [6.45, 7) is 2.92. The third-order valence-electron chi connectivity index (χ3n) is 5.13. The van der Waals surface area contributed by atoms with Crippen molar-refractivity contribution in [3.05, 3.63) is 54.6 Å². The van der Waals surface area contributed by atoms with Crippen LogP contribution < -0.4 is 15.8 Å². The van der Waals surface area contributed by atoms with Gasteiger partial charge in [0.1, 0.15) is 12.4 Å². The Morgan fingerprint density at radius 3 is 2.72 bits per heavy atom. The number of primary amides is 1. The number of rotatable bonds is 7. The normalized spacial score (nSPS) is 17.1. The van der Waals surface area contributed by atoms with E-state index < -0.39 is 0 Å². The summed E-state index contributed by atoms with van der Waals surface area (Å²) in [6.07, 6.45) is 2.52. The molecule has 29 heavy (non-hydrogen) atoms. The summed E-state index contributed by atoms with van der Waals surface area (Å²) in [5.74, 6) is 1.79. The molecule has 0 bridgehead atoms. The highest BCUT2D eigenvalue weighted by Crippen LogP contribution is 2.29. The van der Waals surface area contributed by atoms with Gasteiger partial charge in [0.25, 0.3) is 0 Å². The fourth-order valence-electron chi connectivity index (χ4n) is 3.81. The van der Waals surface area contributed by atoms with Crippen LogP contribution in [0.5, 0.6) is 5.75 Å². The zero-order valence-corrected chi connectivity index (χ0v) is 17.0. The molecular formula is C23H30N4O2. The number of guanidine groups is 1. The summed E-state index contributed by atoms with van der Waals surface area (Å²) >= 11 is 0.